The third-order valence-electron chi connectivity index (χ3n) is 2.43. The van der Waals surface area contributed by atoms with Crippen LogP contribution in [-0.2, 0) is 0 Å². The van der Waals surface area contributed by atoms with Crippen LogP contribution in [0.1, 0.15) is 35.7 Å². The number of pyridine rings is 1. The lowest BCUT2D eigenvalue weighted by molar-refractivity contribution is 0.0696. The van der Waals surface area contributed by atoms with Gasteiger partial charge in [-0.1, -0.05) is 13.8 Å². The molecule has 0 saturated carbocycles. The molecule has 0 fully saturated rings. The van der Waals surface area contributed by atoms with E-state index in [1.54, 1.807) is 6.07 Å². The molecule has 0 spiro atoms. The van der Waals surface area contributed by atoms with Gasteiger partial charge in [0.25, 0.3) is 0 Å². The highest BCUT2D eigenvalue weighted by Gasteiger charge is 2.11. The smallest absolute Gasteiger partial charge is 0.337 e. The fraction of sp³-hybridized carbons (Fsp3) is 0.273. The molecule has 2 rings (SSSR count). The maximum atomic E-state index is 10.8. The lowest BCUT2D eigenvalue weighted by Gasteiger charge is -2.02. The van der Waals surface area contributed by atoms with E-state index in [9.17, 15) is 4.79 Å². The van der Waals surface area contributed by atoms with Crippen molar-refractivity contribution in [2.24, 2.45) is 0 Å². The van der Waals surface area contributed by atoms with E-state index in [-0.39, 0.29) is 5.56 Å². The molecule has 0 aliphatic carbocycles. The number of carbonyl (C=O) groups is 1. The topological polar surface area (TPSA) is 66.0 Å². The molecule has 2 aromatic heterocycles. The zero-order valence-corrected chi connectivity index (χ0v) is 8.61. The average Bonchev–Trinajstić information content (AvgIpc) is 2.59. The monoisotopic (exact) mass is 204 g/mol. The first-order valence-electron chi connectivity index (χ1n) is 4.80. The van der Waals surface area contributed by atoms with Crippen molar-refractivity contribution in [2.45, 2.75) is 19.8 Å². The van der Waals surface area contributed by atoms with Crippen LogP contribution < -0.4 is 0 Å². The molecule has 0 aliphatic rings. The van der Waals surface area contributed by atoms with Crippen molar-refractivity contribution in [3.63, 3.8) is 0 Å². The van der Waals surface area contributed by atoms with Crippen LogP contribution in [0.15, 0.2) is 18.5 Å². The van der Waals surface area contributed by atoms with Crippen LogP contribution in [0.2, 0.25) is 0 Å². The molecule has 2 aromatic rings. The first-order chi connectivity index (χ1) is 7.09. The standard InChI is InChI=1S/C11H12N2O2/c1-6(2)9-5-13-10-8(9)3-7(4-12-10)11(14)15/h3-6H,1-2H3,(H,12,13)(H,14,15). The van der Waals surface area contributed by atoms with Gasteiger partial charge in [-0.2, -0.15) is 0 Å². The Kier molecular flexibility index (Phi) is 2.19. The minimum atomic E-state index is -0.944. The van der Waals surface area contributed by atoms with E-state index in [0.29, 0.717) is 5.92 Å². The number of rotatable bonds is 2. The number of fused-ring (bicyclic) bond motifs is 1. The molecule has 0 aromatic carbocycles. The molecule has 4 heteroatoms. The summed E-state index contributed by atoms with van der Waals surface area (Å²) in [7, 11) is 0. The van der Waals surface area contributed by atoms with Gasteiger partial charge in [-0.3, -0.25) is 0 Å². The van der Waals surface area contributed by atoms with Crippen molar-refractivity contribution < 1.29 is 9.90 Å². The van der Waals surface area contributed by atoms with E-state index < -0.39 is 5.97 Å². The third kappa shape index (κ3) is 1.58. The van der Waals surface area contributed by atoms with Crippen LogP contribution in [0.5, 0.6) is 0 Å². The summed E-state index contributed by atoms with van der Waals surface area (Å²) in [6, 6.07) is 1.66. The van der Waals surface area contributed by atoms with Crippen LogP contribution in [-0.4, -0.2) is 21.0 Å². The van der Waals surface area contributed by atoms with Crippen molar-refractivity contribution in [2.75, 3.05) is 0 Å². The molecule has 0 bridgehead atoms. The van der Waals surface area contributed by atoms with E-state index in [1.165, 1.54) is 6.20 Å². The van der Waals surface area contributed by atoms with Gasteiger partial charge in [0.1, 0.15) is 5.65 Å². The van der Waals surface area contributed by atoms with Gasteiger partial charge in [-0.05, 0) is 17.5 Å². The highest BCUT2D eigenvalue weighted by molar-refractivity contribution is 5.92. The van der Waals surface area contributed by atoms with Gasteiger partial charge in [0.2, 0.25) is 0 Å². The van der Waals surface area contributed by atoms with Crippen molar-refractivity contribution in [1.29, 1.82) is 0 Å². The van der Waals surface area contributed by atoms with Crippen molar-refractivity contribution in [3.8, 4) is 0 Å². The molecule has 0 atom stereocenters. The second-order valence-electron chi connectivity index (χ2n) is 3.82. The number of aromatic amines is 1. The number of aromatic nitrogens is 2. The quantitative estimate of drug-likeness (QED) is 0.789. The summed E-state index contributed by atoms with van der Waals surface area (Å²) in [4.78, 5) is 17.9. The summed E-state index contributed by atoms with van der Waals surface area (Å²) in [5.41, 5.74) is 2.06. The van der Waals surface area contributed by atoms with E-state index in [1.807, 2.05) is 6.20 Å². The van der Waals surface area contributed by atoms with Gasteiger partial charge in [-0.15, -0.1) is 0 Å². The molecule has 15 heavy (non-hydrogen) atoms. The zero-order chi connectivity index (χ0) is 11.0. The summed E-state index contributed by atoms with van der Waals surface area (Å²) in [6.07, 6.45) is 3.25. The van der Waals surface area contributed by atoms with Crippen LogP contribution in [0.4, 0.5) is 0 Å². The summed E-state index contributed by atoms with van der Waals surface area (Å²) in [6.45, 7) is 4.13. The van der Waals surface area contributed by atoms with Gasteiger partial charge in [-0.25, -0.2) is 9.78 Å². The summed E-state index contributed by atoms with van der Waals surface area (Å²) < 4.78 is 0. The summed E-state index contributed by atoms with van der Waals surface area (Å²) >= 11 is 0. The maximum absolute atomic E-state index is 10.8. The predicted molar refractivity (Wildman–Crippen MR) is 57.1 cm³/mol. The van der Waals surface area contributed by atoms with E-state index in [4.69, 9.17) is 5.11 Å². The second-order valence-corrected chi connectivity index (χ2v) is 3.82. The largest absolute Gasteiger partial charge is 0.478 e. The van der Waals surface area contributed by atoms with Crippen LogP contribution >= 0.6 is 0 Å². The highest BCUT2D eigenvalue weighted by Crippen LogP contribution is 2.24. The number of carboxylic acid groups (broad SMARTS) is 1. The van der Waals surface area contributed by atoms with Gasteiger partial charge < -0.3 is 10.1 Å². The minimum absolute atomic E-state index is 0.226. The zero-order valence-electron chi connectivity index (χ0n) is 8.61. The molecule has 0 aliphatic heterocycles. The first-order valence-corrected chi connectivity index (χ1v) is 4.80. The molecule has 2 heterocycles. The van der Waals surface area contributed by atoms with E-state index >= 15 is 0 Å². The molecule has 0 amide bonds. The highest BCUT2D eigenvalue weighted by atomic mass is 16.4. The molecular weight excluding hydrogens is 192 g/mol. The number of aromatic carboxylic acids is 1. The fourth-order valence-electron chi connectivity index (χ4n) is 1.62. The molecule has 0 unspecified atom stereocenters. The fourth-order valence-corrected chi connectivity index (χ4v) is 1.62. The van der Waals surface area contributed by atoms with Crippen molar-refractivity contribution in [3.05, 3.63) is 29.6 Å². The molecule has 0 saturated heterocycles. The van der Waals surface area contributed by atoms with Crippen molar-refractivity contribution in [1.82, 2.24) is 9.97 Å². The Labute approximate surface area is 87.0 Å². The maximum Gasteiger partial charge on any atom is 0.337 e. The van der Waals surface area contributed by atoms with Crippen LogP contribution in [0.25, 0.3) is 11.0 Å². The Bertz CT molecular complexity index is 514. The van der Waals surface area contributed by atoms with Crippen LogP contribution in [0.3, 0.4) is 0 Å². The normalized spacial score (nSPS) is 11.1. The van der Waals surface area contributed by atoms with E-state index in [2.05, 4.69) is 23.8 Å². The van der Waals surface area contributed by atoms with Gasteiger partial charge in [0.05, 0.1) is 5.56 Å². The third-order valence-corrected chi connectivity index (χ3v) is 2.43. The lowest BCUT2D eigenvalue weighted by Crippen LogP contribution is -1.97. The first kappa shape index (κ1) is 9.71. The number of carboxylic acids is 1. The Morgan fingerprint density at radius 2 is 2.27 bits per heavy atom. The average molecular weight is 204 g/mol. The number of hydrogen-bond acceptors (Lipinski definition) is 2. The van der Waals surface area contributed by atoms with Gasteiger partial charge in [0, 0.05) is 17.8 Å². The van der Waals surface area contributed by atoms with Crippen LogP contribution in [0, 0.1) is 0 Å². The Hall–Kier alpha value is -1.84. The molecule has 4 nitrogen and oxygen atoms in total. The number of H-pyrrole nitrogens is 1. The lowest BCUT2D eigenvalue weighted by atomic mass is 10.0. The van der Waals surface area contributed by atoms with Gasteiger partial charge in [0.15, 0.2) is 0 Å². The number of hydrogen-bond donors (Lipinski definition) is 2. The summed E-state index contributed by atoms with van der Waals surface area (Å²) in [5, 5.41) is 9.75. The SMILES string of the molecule is CC(C)c1c[nH]c2ncc(C(=O)O)cc12. The Morgan fingerprint density at radius 3 is 2.87 bits per heavy atom. The van der Waals surface area contributed by atoms with Crippen molar-refractivity contribution >= 4 is 17.0 Å². The number of nitrogens with zero attached hydrogens (tertiary/aromatic N) is 1. The van der Waals surface area contributed by atoms with Gasteiger partial charge >= 0.3 is 5.97 Å². The molecular formula is C11H12N2O2. The minimum Gasteiger partial charge on any atom is -0.478 e. The Morgan fingerprint density at radius 1 is 1.53 bits per heavy atom. The number of nitrogens with one attached hydrogen (secondary N) is 1. The Balaban J connectivity index is 2.66. The predicted octanol–water partition coefficient (Wildman–Crippen LogP) is 2.38. The van der Waals surface area contributed by atoms with E-state index in [0.717, 1.165) is 16.6 Å². The molecule has 78 valence electrons. The summed E-state index contributed by atoms with van der Waals surface area (Å²) in [5.74, 6) is -0.593. The molecule has 0 radical (unpaired) electrons. The molecule has 2 N–H and O–H groups in total. The second kappa shape index (κ2) is 3.38.